The Bertz CT molecular complexity index is 712. The number of ether oxygens (including phenoxy) is 2. The van der Waals surface area contributed by atoms with Crippen LogP contribution in [0.5, 0.6) is 0 Å². The van der Waals surface area contributed by atoms with E-state index < -0.39 is 0 Å². The molecule has 4 heteroatoms. The number of aromatic nitrogens is 2. The second-order valence-corrected chi connectivity index (χ2v) is 6.12. The van der Waals surface area contributed by atoms with Crippen LogP contribution in [0.15, 0.2) is 60.7 Å². The molecule has 3 aromatic rings. The van der Waals surface area contributed by atoms with Gasteiger partial charge in [0.1, 0.15) is 12.6 Å². The van der Waals surface area contributed by atoms with Crippen molar-refractivity contribution in [3.8, 4) is 22.5 Å². The van der Waals surface area contributed by atoms with Crippen molar-refractivity contribution in [2.45, 2.75) is 26.2 Å². The van der Waals surface area contributed by atoms with E-state index >= 15 is 0 Å². The van der Waals surface area contributed by atoms with Crippen molar-refractivity contribution < 1.29 is 9.47 Å². The largest absolute Gasteiger partial charge is 0.356 e. The van der Waals surface area contributed by atoms with Gasteiger partial charge in [0.15, 0.2) is 0 Å². The molecule has 0 amide bonds. The fourth-order valence-corrected chi connectivity index (χ4v) is 2.86. The normalized spacial score (nSPS) is 11.0. The predicted octanol–water partition coefficient (Wildman–Crippen LogP) is 5.08. The third kappa shape index (κ3) is 5.04. The number of hydrogen-bond acceptors (Lipinski definition) is 3. The summed E-state index contributed by atoms with van der Waals surface area (Å²) >= 11 is 0. The maximum atomic E-state index is 5.43. The van der Waals surface area contributed by atoms with Crippen LogP contribution in [0.25, 0.3) is 22.5 Å². The van der Waals surface area contributed by atoms with Crippen LogP contribution < -0.4 is 0 Å². The second-order valence-electron chi connectivity index (χ2n) is 6.12. The van der Waals surface area contributed by atoms with Gasteiger partial charge in [-0.1, -0.05) is 60.7 Å². The Hall–Kier alpha value is -2.43. The highest BCUT2D eigenvalue weighted by Crippen LogP contribution is 2.30. The van der Waals surface area contributed by atoms with Crippen LogP contribution in [-0.2, 0) is 15.9 Å². The lowest BCUT2D eigenvalue weighted by Crippen LogP contribution is -2.01. The maximum absolute atomic E-state index is 5.43. The highest BCUT2D eigenvalue weighted by Gasteiger charge is 2.13. The average Bonchev–Trinajstić information content (AvgIpc) is 3.13. The SMILES string of the molecule is CCOCOCCCCc1nc(-c2ccccc2)c(-c2ccccc2)[nH]1. The average molecular weight is 350 g/mol. The number of H-pyrrole nitrogens is 1. The van der Waals surface area contributed by atoms with Crippen LogP contribution in [0.1, 0.15) is 25.6 Å². The Labute approximate surface area is 155 Å². The molecule has 0 aliphatic heterocycles. The number of nitrogens with one attached hydrogen (secondary N) is 1. The molecule has 0 saturated heterocycles. The third-order valence-corrected chi connectivity index (χ3v) is 4.19. The molecule has 4 nitrogen and oxygen atoms in total. The monoisotopic (exact) mass is 350 g/mol. The molecule has 0 spiro atoms. The van der Waals surface area contributed by atoms with Crippen LogP contribution in [-0.4, -0.2) is 30.0 Å². The lowest BCUT2D eigenvalue weighted by Gasteiger charge is -2.03. The summed E-state index contributed by atoms with van der Waals surface area (Å²) in [4.78, 5) is 8.41. The van der Waals surface area contributed by atoms with E-state index in [1.165, 1.54) is 0 Å². The first-order chi connectivity index (χ1) is 12.9. The Kier molecular flexibility index (Phi) is 6.99. The number of benzene rings is 2. The molecule has 2 aromatic carbocycles. The second kappa shape index (κ2) is 9.90. The molecular formula is C22H26N2O2. The lowest BCUT2D eigenvalue weighted by molar-refractivity contribution is -0.0501. The van der Waals surface area contributed by atoms with Gasteiger partial charge in [-0.3, -0.25) is 0 Å². The first-order valence-corrected chi connectivity index (χ1v) is 9.23. The number of rotatable bonds is 10. The molecule has 136 valence electrons. The summed E-state index contributed by atoms with van der Waals surface area (Å²) in [7, 11) is 0. The molecule has 0 aliphatic rings. The van der Waals surface area contributed by atoms with E-state index in [2.05, 4.69) is 41.4 Å². The van der Waals surface area contributed by atoms with Crippen molar-refractivity contribution in [1.82, 2.24) is 9.97 Å². The molecular weight excluding hydrogens is 324 g/mol. The van der Waals surface area contributed by atoms with Crippen molar-refractivity contribution in [2.75, 3.05) is 20.0 Å². The Morgan fingerprint density at radius 1 is 0.846 bits per heavy atom. The summed E-state index contributed by atoms with van der Waals surface area (Å²) in [6, 6.07) is 20.7. The zero-order valence-electron chi connectivity index (χ0n) is 15.3. The smallest absolute Gasteiger partial charge is 0.146 e. The molecule has 0 bridgehead atoms. The van der Waals surface area contributed by atoms with Gasteiger partial charge in [-0.15, -0.1) is 0 Å². The van der Waals surface area contributed by atoms with Crippen molar-refractivity contribution in [3.63, 3.8) is 0 Å². The number of hydrogen-bond donors (Lipinski definition) is 1. The summed E-state index contributed by atoms with van der Waals surface area (Å²) in [5.41, 5.74) is 4.39. The molecule has 1 aromatic heterocycles. The van der Waals surface area contributed by atoms with Gasteiger partial charge in [0.25, 0.3) is 0 Å². The molecule has 3 rings (SSSR count). The molecule has 1 N–H and O–H groups in total. The van der Waals surface area contributed by atoms with Gasteiger partial charge in [-0.25, -0.2) is 4.98 Å². The number of imidazole rings is 1. The Morgan fingerprint density at radius 3 is 2.23 bits per heavy atom. The minimum atomic E-state index is 0.383. The van der Waals surface area contributed by atoms with Crippen molar-refractivity contribution in [3.05, 3.63) is 66.5 Å². The fourth-order valence-electron chi connectivity index (χ4n) is 2.86. The summed E-state index contributed by atoms with van der Waals surface area (Å²) < 4.78 is 10.6. The zero-order chi connectivity index (χ0) is 18.0. The first kappa shape index (κ1) is 18.4. The van der Waals surface area contributed by atoms with E-state index in [0.29, 0.717) is 13.4 Å². The predicted molar refractivity (Wildman–Crippen MR) is 105 cm³/mol. The van der Waals surface area contributed by atoms with Gasteiger partial charge < -0.3 is 14.5 Å². The standard InChI is InChI=1S/C22H26N2O2/c1-2-25-17-26-16-10-9-15-20-23-21(18-11-5-3-6-12-18)22(24-20)19-13-7-4-8-14-19/h3-8,11-14H,2,9-10,15-17H2,1H3,(H,23,24). The van der Waals surface area contributed by atoms with Gasteiger partial charge in [0, 0.05) is 30.8 Å². The molecule has 0 fully saturated rings. The van der Waals surface area contributed by atoms with E-state index in [9.17, 15) is 0 Å². The van der Waals surface area contributed by atoms with E-state index in [0.717, 1.165) is 54.2 Å². The van der Waals surface area contributed by atoms with Crippen molar-refractivity contribution >= 4 is 0 Å². The van der Waals surface area contributed by atoms with Gasteiger partial charge in [-0.2, -0.15) is 0 Å². The minimum absolute atomic E-state index is 0.383. The maximum Gasteiger partial charge on any atom is 0.146 e. The number of unbranched alkanes of at least 4 members (excludes halogenated alkanes) is 1. The minimum Gasteiger partial charge on any atom is -0.356 e. The van der Waals surface area contributed by atoms with Crippen LogP contribution in [0, 0.1) is 0 Å². The highest BCUT2D eigenvalue weighted by atomic mass is 16.7. The number of aryl methyl sites for hydroxylation is 1. The summed E-state index contributed by atoms with van der Waals surface area (Å²) in [5.74, 6) is 1.02. The van der Waals surface area contributed by atoms with Gasteiger partial charge >= 0.3 is 0 Å². The fraction of sp³-hybridized carbons (Fsp3) is 0.318. The molecule has 0 saturated carbocycles. The van der Waals surface area contributed by atoms with Gasteiger partial charge in [0.05, 0.1) is 11.4 Å². The topological polar surface area (TPSA) is 47.1 Å². The molecule has 0 atom stereocenters. The van der Waals surface area contributed by atoms with Crippen molar-refractivity contribution in [2.24, 2.45) is 0 Å². The molecule has 0 radical (unpaired) electrons. The van der Waals surface area contributed by atoms with Gasteiger partial charge in [-0.05, 0) is 19.8 Å². The zero-order valence-corrected chi connectivity index (χ0v) is 15.3. The molecule has 0 unspecified atom stereocenters. The Morgan fingerprint density at radius 2 is 1.54 bits per heavy atom. The van der Waals surface area contributed by atoms with Crippen molar-refractivity contribution in [1.29, 1.82) is 0 Å². The van der Waals surface area contributed by atoms with E-state index in [1.807, 2.05) is 31.2 Å². The molecule has 1 heterocycles. The first-order valence-electron chi connectivity index (χ1n) is 9.23. The van der Waals surface area contributed by atoms with Crippen LogP contribution in [0.2, 0.25) is 0 Å². The van der Waals surface area contributed by atoms with Crippen LogP contribution >= 0.6 is 0 Å². The number of nitrogens with zero attached hydrogens (tertiary/aromatic N) is 1. The lowest BCUT2D eigenvalue weighted by atomic mass is 10.1. The number of aromatic amines is 1. The van der Waals surface area contributed by atoms with Gasteiger partial charge in [0.2, 0.25) is 0 Å². The van der Waals surface area contributed by atoms with Crippen LogP contribution in [0.4, 0.5) is 0 Å². The summed E-state index contributed by atoms with van der Waals surface area (Å²) in [6.07, 6.45) is 2.93. The molecule has 26 heavy (non-hydrogen) atoms. The summed E-state index contributed by atoms with van der Waals surface area (Å²) in [5, 5.41) is 0. The molecule has 0 aliphatic carbocycles. The Balaban J connectivity index is 1.69. The quantitative estimate of drug-likeness (QED) is 0.410. The third-order valence-electron chi connectivity index (χ3n) is 4.19. The highest BCUT2D eigenvalue weighted by molar-refractivity contribution is 5.78. The van der Waals surface area contributed by atoms with E-state index in [1.54, 1.807) is 0 Å². The van der Waals surface area contributed by atoms with E-state index in [-0.39, 0.29) is 0 Å². The summed E-state index contributed by atoms with van der Waals surface area (Å²) in [6.45, 7) is 3.76. The van der Waals surface area contributed by atoms with E-state index in [4.69, 9.17) is 14.5 Å². The van der Waals surface area contributed by atoms with Crippen LogP contribution in [0.3, 0.4) is 0 Å².